The van der Waals surface area contributed by atoms with E-state index in [1.165, 1.54) is 24.4 Å². The minimum Gasteiger partial charge on any atom is -0.207 e. The summed E-state index contributed by atoms with van der Waals surface area (Å²) in [5.74, 6) is -0.484. The normalized spacial score (nSPS) is 12.4. The fourth-order valence-corrected chi connectivity index (χ4v) is 3.95. The first-order valence-corrected chi connectivity index (χ1v) is 9.72. The molecule has 0 amide bonds. The summed E-state index contributed by atoms with van der Waals surface area (Å²) in [7, 11) is -4.18. The molecule has 0 aliphatic rings. The molecule has 0 aliphatic heterocycles. The van der Waals surface area contributed by atoms with Gasteiger partial charge < -0.3 is 0 Å². The maximum atomic E-state index is 13.4. The molecule has 1 aromatic heterocycles. The van der Waals surface area contributed by atoms with Crippen LogP contribution in [-0.2, 0) is 22.6 Å². The van der Waals surface area contributed by atoms with E-state index in [9.17, 15) is 26.0 Å². The van der Waals surface area contributed by atoms with Crippen LogP contribution >= 0.6 is 11.6 Å². The molecule has 0 bridgehead atoms. The predicted octanol–water partition coefficient (Wildman–Crippen LogP) is 4.83. The van der Waals surface area contributed by atoms with Crippen molar-refractivity contribution in [3.63, 3.8) is 0 Å². The number of benzene rings is 2. The molecule has 0 fully saturated rings. The second kappa shape index (κ2) is 7.21. The van der Waals surface area contributed by atoms with E-state index in [1.807, 2.05) is 0 Å². The SMILES string of the molecule is Cc1nn(S(=O)(=O)c2ccc(C(F)(F)F)cc2)cc1Cc1cc(F)ccc1Cl. The molecule has 0 aliphatic carbocycles. The van der Waals surface area contributed by atoms with Crippen molar-refractivity contribution >= 4 is 21.6 Å². The van der Waals surface area contributed by atoms with Gasteiger partial charge in [-0.1, -0.05) is 11.6 Å². The number of rotatable bonds is 4. The Morgan fingerprint density at radius 3 is 2.32 bits per heavy atom. The Balaban J connectivity index is 1.94. The van der Waals surface area contributed by atoms with E-state index in [0.717, 1.165) is 12.1 Å². The molecular formula is C18H13ClF4N2O2S. The van der Waals surface area contributed by atoms with Crippen molar-refractivity contribution in [2.75, 3.05) is 0 Å². The third-order valence-corrected chi connectivity index (χ3v) is 6.01. The van der Waals surface area contributed by atoms with E-state index in [1.54, 1.807) is 6.92 Å². The van der Waals surface area contributed by atoms with Crippen molar-refractivity contribution < 1.29 is 26.0 Å². The zero-order valence-electron chi connectivity index (χ0n) is 14.3. The molecular weight excluding hydrogens is 420 g/mol. The average molecular weight is 433 g/mol. The van der Waals surface area contributed by atoms with E-state index in [2.05, 4.69) is 5.10 Å². The van der Waals surface area contributed by atoms with Crippen molar-refractivity contribution in [1.82, 2.24) is 9.19 Å². The first-order valence-electron chi connectivity index (χ1n) is 7.90. The molecule has 0 spiro atoms. The molecule has 0 radical (unpaired) electrons. The van der Waals surface area contributed by atoms with E-state index in [4.69, 9.17) is 11.6 Å². The minimum absolute atomic E-state index is 0.144. The highest BCUT2D eigenvalue weighted by Gasteiger charge is 2.31. The Labute approximate surface area is 163 Å². The second-order valence-electron chi connectivity index (χ2n) is 6.05. The Kier molecular flexibility index (Phi) is 5.24. The first-order chi connectivity index (χ1) is 13.0. The molecule has 148 valence electrons. The molecule has 3 aromatic rings. The van der Waals surface area contributed by atoms with Gasteiger partial charge in [-0.2, -0.15) is 30.8 Å². The lowest BCUT2D eigenvalue weighted by Crippen LogP contribution is -2.14. The smallest absolute Gasteiger partial charge is 0.207 e. The molecule has 3 rings (SSSR count). The van der Waals surface area contributed by atoms with Crippen LogP contribution in [0.5, 0.6) is 0 Å². The zero-order chi connectivity index (χ0) is 20.7. The third-order valence-electron chi connectivity index (χ3n) is 4.09. The lowest BCUT2D eigenvalue weighted by Gasteiger charge is -2.08. The number of alkyl halides is 3. The van der Waals surface area contributed by atoms with Gasteiger partial charge in [-0.15, -0.1) is 0 Å². The van der Waals surface area contributed by atoms with Crippen LogP contribution in [0.15, 0.2) is 53.6 Å². The number of halogens is 5. The van der Waals surface area contributed by atoms with Gasteiger partial charge in [0.15, 0.2) is 0 Å². The number of aryl methyl sites for hydroxylation is 1. The molecule has 10 heteroatoms. The average Bonchev–Trinajstić information content (AvgIpc) is 2.99. The Morgan fingerprint density at radius 1 is 1.07 bits per heavy atom. The van der Waals surface area contributed by atoms with Crippen molar-refractivity contribution in [2.45, 2.75) is 24.4 Å². The van der Waals surface area contributed by atoms with Crippen LogP contribution in [0.2, 0.25) is 5.02 Å². The molecule has 0 N–H and O–H groups in total. The Hall–Kier alpha value is -2.39. The summed E-state index contributed by atoms with van der Waals surface area (Å²) in [5, 5.41) is 4.27. The van der Waals surface area contributed by atoms with Crippen LogP contribution in [0.1, 0.15) is 22.4 Å². The lowest BCUT2D eigenvalue weighted by molar-refractivity contribution is -0.137. The van der Waals surface area contributed by atoms with Crippen LogP contribution < -0.4 is 0 Å². The second-order valence-corrected chi connectivity index (χ2v) is 8.25. The van der Waals surface area contributed by atoms with Gasteiger partial charge in [0.1, 0.15) is 5.82 Å². The topological polar surface area (TPSA) is 52.0 Å². The van der Waals surface area contributed by atoms with Gasteiger partial charge in [0, 0.05) is 17.6 Å². The monoisotopic (exact) mass is 432 g/mol. The number of hydrogen-bond acceptors (Lipinski definition) is 3. The number of hydrogen-bond donors (Lipinski definition) is 0. The third kappa shape index (κ3) is 4.05. The summed E-state index contributed by atoms with van der Waals surface area (Å²) in [5.41, 5.74) is 0.361. The standard InChI is InChI=1S/C18H13ClF4N2O2S/c1-11-13(8-12-9-15(20)4-7-17(12)19)10-25(24-11)28(26,27)16-5-2-14(3-6-16)18(21,22)23/h2-7,9-10H,8H2,1H3. The highest BCUT2D eigenvalue weighted by atomic mass is 35.5. The van der Waals surface area contributed by atoms with Gasteiger partial charge in [0.25, 0.3) is 10.0 Å². The maximum Gasteiger partial charge on any atom is 0.416 e. The van der Waals surface area contributed by atoms with Gasteiger partial charge in [0.2, 0.25) is 0 Å². The summed E-state index contributed by atoms with van der Waals surface area (Å²) < 4.78 is 77.4. The first kappa shape index (κ1) is 20.3. The van der Waals surface area contributed by atoms with Crippen LogP contribution in [0.3, 0.4) is 0 Å². The van der Waals surface area contributed by atoms with Crippen LogP contribution in [0.4, 0.5) is 17.6 Å². The zero-order valence-corrected chi connectivity index (χ0v) is 15.9. The largest absolute Gasteiger partial charge is 0.416 e. The van der Waals surface area contributed by atoms with Gasteiger partial charge in [-0.3, -0.25) is 0 Å². The highest BCUT2D eigenvalue weighted by molar-refractivity contribution is 7.89. The summed E-state index contributed by atoms with van der Waals surface area (Å²) in [4.78, 5) is -0.335. The van der Waals surface area contributed by atoms with Crippen molar-refractivity contribution in [2.24, 2.45) is 0 Å². The molecule has 0 saturated heterocycles. The molecule has 2 aromatic carbocycles. The van der Waals surface area contributed by atoms with Crippen molar-refractivity contribution in [3.05, 3.63) is 81.9 Å². The lowest BCUT2D eigenvalue weighted by atomic mass is 10.1. The summed E-state index contributed by atoms with van der Waals surface area (Å²) >= 11 is 6.04. The van der Waals surface area contributed by atoms with Crippen LogP contribution in [0, 0.1) is 12.7 Å². The molecule has 28 heavy (non-hydrogen) atoms. The van der Waals surface area contributed by atoms with Crippen LogP contribution in [0.25, 0.3) is 0 Å². The fraction of sp³-hybridized carbons (Fsp3) is 0.167. The molecule has 4 nitrogen and oxygen atoms in total. The molecule has 0 saturated carbocycles. The van der Waals surface area contributed by atoms with Gasteiger partial charge in [0.05, 0.1) is 16.2 Å². The van der Waals surface area contributed by atoms with Gasteiger partial charge in [-0.05, 0) is 60.5 Å². The summed E-state index contributed by atoms with van der Waals surface area (Å²) in [6.07, 6.45) is -3.18. The van der Waals surface area contributed by atoms with E-state index in [-0.39, 0.29) is 11.3 Å². The summed E-state index contributed by atoms with van der Waals surface area (Å²) in [6, 6.07) is 6.97. The molecule has 0 unspecified atom stereocenters. The maximum absolute atomic E-state index is 13.4. The van der Waals surface area contributed by atoms with Crippen molar-refractivity contribution in [3.8, 4) is 0 Å². The van der Waals surface area contributed by atoms with E-state index < -0.39 is 27.6 Å². The number of aromatic nitrogens is 2. The minimum atomic E-state index is -4.57. The van der Waals surface area contributed by atoms with Gasteiger partial charge >= 0.3 is 6.18 Å². The number of nitrogens with zero attached hydrogens (tertiary/aromatic N) is 2. The Morgan fingerprint density at radius 2 is 1.71 bits per heavy atom. The van der Waals surface area contributed by atoms with Crippen LogP contribution in [-0.4, -0.2) is 17.6 Å². The fourth-order valence-electron chi connectivity index (χ4n) is 2.57. The van der Waals surface area contributed by atoms with Crippen molar-refractivity contribution in [1.29, 1.82) is 0 Å². The predicted molar refractivity (Wildman–Crippen MR) is 95.2 cm³/mol. The highest BCUT2D eigenvalue weighted by Crippen LogP contribution is 2.30. The van der Waals surface area contributed by atoms with Gasteiger partial charge in [-0.25, -0.2) is 4.39 Å². The quantitative estimate of drug-likeness (QED) is 0.555. The molecule has 0 atom stereocenters. The summed E-state index contributed by atoms with van der Waals surface area (Å²) in [6.45, 7) is 1.57. The van der Waals surface area contributed by atoms with E-state index >= 15 is 0 Å². The Bertz CT molecular complexity index is 1120. The molecule has 1 heterocycles. The van der Waals surface area contributed by atoms with E-state index in [0.29, 0.717) is 38.1 Å².